The molecule has 0 radical (unpaired) electrons. The molecular formula is C14H29NS. The first-order valence-corrected chi connectivity index (χ1v) is 7.34. The van der Waals surface area contributed by atoms with Gasteiger partial charge in [-0.2, -0.15) is 12.6 Å². The lowest BCUT2D eigenvalue weighted by Crippen LogP contribution is -2.41. The van der Waals surface area contributed by atoms with Crippen LogP contribution in [0.1, 0.15) is 47.5 Å². The fourth-order valence-electron chi connectivity index (χ4n) is 2.72. The van der Waals surface area contributed by atoms with Gasteiger partial charge >= 0.3 is 0 Å². The molecule has 1 fully saturated rings. The first-order valence-electron chi connectivity index (χ1n) is 6.71. The highest BCUT2D eigenvalue weighted by Crippen LogP contribution is 2.31. The van der Waals surface area contributed by atoms with Crippen LogP contribution in [0.2, 0.25) is 0 Å². The van der Waals surface area contributed by atoms with Crippen molar-refractivity contribution < 1.29 is 0 Å². The molecule has 0 saturated carbocycles. The van der Waals surface area contributed by atoms with Crippen molar-refractivity contribution >= 4 is 12.6 Å². The molecular weight excluding hydrogens is 214 g/mol. The van der Waals surface area contributed by atoms with E-state index in [-0.39, 0.29) is 0 Å². The molecule has 1 heterocycles. The van der Waals surface area contributed by atoms with Crippen LogP contribution in [-0.4, -0.2) is 29.8 Å². The summed E-state index contributed by atoms with van der Waals surface area (Å²) in [5.74, 6) is 2.50. The first-order chi connectivity index (χ1) is 7.36. The Morgan fingerprint density at radius 3 is 2.38 bits per heavy atom. The smallest absolute Gasteiger partial charge is 0.0119 e. The average Bonchev–Trinajstić information content (AvgIpc) is 2.59. The Labute approximate surface area is 107 Å². The van der Waals surface area contributed by atoms with Crippen LogP contribution in [0.25, 0.3) is 0 Å². The van der Waals surface area contributed by atoms with Gasteiger partial charge in [0.1, 0.15) is 0 Å². The lowest BCUT2D eigenvalue weighted by Gasteiger charge is -2.36. The van der Waals surface area contributed by atoms with E-state index in [1.165, 1.54) is 25.9 Å². The molecule has 0 N–H and O–H groups in total. The van der Waals surface area contributed by atoms with Gasteiger partial charge < -0.3 is 0 Å². The number of nitrogens with zero attached hydrogens (tertiary/aromatic N) is 1. The van der Waals surface area contributed by atoms with Crippen LogP contribution in [0, 0.1) is 17.3 Å². The minimum atomic E-state index is 0.381. The number of rotatable bonds is 4. The third-order valence-electron chi connectivity index (χ3n) is 4.08. The van der Waals surface area contributed by atoms with Gasteiger partial charge in [-0.3, -0.25) is 4.90 Å². The molecule has 16 heavy (non-hydrogen) atoms. The van der Waals surface area contributed by atoms with Crippen LogP contribution in [0.15, 0.2) is 0 Å². The van der Waals surface area contributed by atoms with Crippen LogP contribution in [0.5, 0.6) is 0 Å². The molecule has 0 aromatic rings. The van der Waals surface area contributed by atoms with Gasteiger partial charge in [0.2, 0.25) is 0 Å². The number of thiol groups is 1. The summed E-state index contributed by atoms with van der Waals surface area (Å²) in [6.45, 7) is 14.3. The van der Waals surface area contributed by atoms with E-state index in [9.17, 15) is 0 Å². The van der Waals surface area contributed by atoms with Crippen molar-refractivity contribution in [3.8, 4) is 0 Å². The Morgan fingerprint density at radius 2 is 1.94 bits per heavy atom. The summed E-state index contributed by atoms with van der Waals surface area (Å²) < 4.78 is 0. The summed E-state index contributed by atoms with van der Waals surface area (Å²) >= 11 is 4.54. The molecule has 2 atom stereocenters. The first kappa shape index (κ1) is 14.4. The summed E-state index contributed by atoms with van der Waals surface area (Å²) in [5.41, 5.74) is 0.381. The molecule has 0 aromatic carbocycles. The standard InChI is InChI=1S/C14H29NS/c1-11(2)13-7-6-8-15(13)9-12(10-16)14(3,4)5/h11-13,16H,6-10H2,1-5H3. The van der Waals surface area contributed by atoms with E-state index in [0.29, 0.717) is 11.3 Å². The van der Waals surface area contributed by atoms with E-state index >= 15 is 0 Å². The summed E-state index contributed by atoms with van der Waals surface area (Å²) in [6, 6.07) is 0.810. The lowest BCUT2D eigenvalue weighted by atomic mass is 9.81. The van der Waals surface area contributed by atoms with Crippen LogP contribution < -0.4 is 0 Å². The Balaban J connectivity index is 2.58. The molecule has 1 aliphatic heterocycles. The maximum atomic E-state index is 4.54. The molecule has 2 unspecified atom stereocenters. The number of likely N-dealkylation sites (tertiary alicyclic amines) is 1. The third-order valence-corrected chi connectivity index (χ3v) is 4.52. The zero-order valence-electron chi connectivity index (χ0n) is 11.7. The van der Waals surface area contributed by atoms with Crippen molar-refractivity contribution in [2.24, 2.45) is 17.3 Å². The maximum absolute atomic E-state index is 4.54. The van der Waals surface area contributed by atoms with E-state index in [1.54, 1.807) is 0 Å². The average molecular weight is 243 g/mol. The highest BCUT2D eigenvalue weighted by molar-refractivity contribution is 7.80. The van der Waals surface area contributed by atoms with Crippen LogP contribution in [0.4, 0.5) is 0 Å². The lowest BCUT2D eigenvalue weighted by molar-refractivity contribution is 0.134. The molecule has 0 aromatic heterocycles. The molecule has 1 rings (SSSR count). The summed E-state index contributed by atoms with van der Waals surface area (Å²) in [6.07, 6.45) is 2.77. The van der Waals surface area contributed by atoms with E-state index < -0.39 is 0 Å². The zero-order valence-corrected chi connectivity index (χ0v) is 12.6. The fraction of sp³-hybridized carbons (Fsp3) is 1.00. The number of hydrogen-bond acceptors (Lipinski definition) is 2. The Kier molecular flexibility index (Phi) is 5.18. The van der Waals surface area contributed by atoms with Gasteiger partial charge in [0, 0.05) is 12.6 Å². The van der Waals surface area contributed by atoms with E-state index in [2.05, 4.69) is 52.1 Å². The van der Waals surface area contributed by atoms with Gasteiger partial charge in [0.25, 0.3) is 0 Å². The minimum Gasteiger partial charge on any atom is -0.300 e. The molecule has 0 aliphatic carbocycles. The van der Waals surface area contributed by atoms with Crippen LogP contribution in [-0.2, 0) is 0 Å². The molecule has 1 aliphatic rings. The van der Waals surface area contributed by atoms with Gasteiger partial charge in [0.15, 0.2) is 0 Å². The molecule has 0 spiro atoms. The third kappa shape index (κ3) is 3.66. The highest BCUT2D eigenvalue weighted by atomic mass is 32.1. The second-order valence-electron chi connectivity index (χ2n) is 6.69. The van der Waals surface area contributed by atoms with Gasteiger partial charge in [-0.15, -0.1) is 0 Å². The minimum absolute atomic E-state index is 0.381. The quantitative estimate of drug-likeness (QED) is 0.737. The topological polar surface area (TPSA) is 3.24 Å². The van der Waals surface area contributed by atoms with Crippen molar-refractivity contribution in [2.45, 2.75) is 53.5 Å². The van der Waals surface area contributed by atoms with Crippen molar-refractivity contribution in [1.82, 2.24) is 4.90 Å². The zero-order chi connectivity index (χ0) is 12.3. The van der Waals surface area contributed by atoms with E-state index in [4.69, 9.17) is 0 Å². The maximum Gasteiger partial charge on any atom is 0.0119 e. The van der Waals surface area contributed by atoms with Crippen molar-refractivity contribution in [2.75, 3.05) is 18.8 Å². The summed E-state index contributed by atoms with van der Waals surface area (Å²) in [5, 5.41) is 0. The number of hydrogen-bond donors (Lipinski definition) is 1. The highest BCUT2D eigenvalue weighted by Gasteiger charge is 2.32. The fourth-order valence-corrected chi connectivity index (χ4v) is 3.39. The predicted molar refractivity (Wildman–Crippen MR) is 76.2 cm³/mol. The molecule has 96 valence electrons. The monoisotopic (exact) mass is 243 g/mol. The van der Waals surface area contributed by atoms with E-state index in [1.807, 2.05) is 0 Å². The second kappa shape index (κ2) is 5.77. The summed E-state index contributed by atoms with van der Waals surface area (Å²) in [4.78, 5) is 2.71. The predicted octanol–water partition coefficient (Wildman–Crippen LogP) is 3.70. The second-order valence-corrected chi connectivity index (χ2v) is 7.06. The Morgan fingerprint density at radius 1 is 1.31 bits per heavy atom. The molecule has 2 heteroatoms. The Bertz CT molecular complexity index is 207. The normalized spacial score (nSPS) is 25.3. The van der Waals surface area contributed by atoms with Crippen molar-refractivity contribution in [1.29, 1.82) is 0 Å². The van der Waals surface area contributed by atoms with Gasteiger partial charge in [-0.05, 0) is 42.4 Å². The summed E-state index contributed by atoms with van der Waals surface area (Å²) in [7, 11) is 0. The van der Waals surface area contributed by atoms with Crippen LogP contribution in [0.3, 0.4) is 0 Å². The van der Waals surface area contributed by atoms with Crippen molar-refractivity contribution in [3.05, 3.63) is 0 Å². The molecule has 1 nitrogen and oxygen atoms in total. The Hall–Kier alpha value is 0.310. The van der Waals surface area contributed by atoms with E-state index in [0.717, 1.165) is 17.7 Å². The molecule has 1 saturated heterocycles. The van der Waals surface area contributed by atoms with Gasteiger partial charge in [-0.25, -0.2) is 0 Å². The SMILES string of the molecule is CC(C)C1CCCN1CC(CS)C(C)(C)C. The largest absolute Gasteiger partial charge is 0.300 e. The van der Waals surface area contributed by atoms with Crippen molar-refractivity contribution in [3.63, 3.8) is 0 Å². The molecule has 0 bridgehead atoms. The van der Waals surface area contributed by atoms with Gasteiger partial charge in [-0.1, -0.05) is 34.6 Å². The van der Waals surface area contributed by atoms with Crippen LogP contribution >= 0.6 is 12.6 Å². The van der Waals surface area contributed by atoms with Gasteiger partial charge in [0.05, 0.1) is 0 Å². The molecule has 0 amide bonds.